The molecule has 1 saturated heterocycles. The molecule has 1 aromatic heterocycles. The number of halogens is 3. The summed E-state index contributed by atoms with van der Waals surface area (Å²) in [5, 5.41) is 8.93. The predicted molar refractivity (Wildman–Crippen MR) is 87.9 cm³/mol. The van der Waals surface area contributed by atoms with Crippen LogP contribution in [0.25, 0.3) is 0 Å². The van der Waals surface area contributed by atoms with Gasteiger partial charge in [-0.05, 0) is 36.4 Å². The summed E-state index contributed by atoms with van der Waals surface area (Å²) in [4.78, 5) is 6.12. The third-order valence-electron chi connectivity index (χ3n) is 4.03. The number of nitriles is 1. The Hall–Kier alpha value is -2.95. The standard InChI is InChI=1S/C18H16F3N3O2/c19-18(20,21)26-17-3-1-15(2-4-17)25-16-6-9-24(10-7-16)14-5-8-23-13(11-14)12-22/h1-5,8,11,16H,6-7,9-10H2. The molecule has 8 heteroatoms. The summed E-state index contributed by atoms with van der Waals surface area (Å²) in [5.74, 6) is 0.235. The summed E-state index contributed by atoms with van der Waals surface area (Å²) in [7, 11) is 0. The summed E-state index contributed by atoms with van der Waals surface area (Å²) in [5.41, 5.74) is 1.32. The zero-order valence-electron chi connectivity index (χ0n) is 13.7. The molecular formula is C18H16F3N3O2. The maximum Gasteiger partial charge on any atom is 0.573 e. The molecule has 0 spiro atoms. The largest absolute Gasteiger partial charge is 0.573 e. The van der Waals surface area contributed by atoms with Gasteiger partial charge in [-0.2, -0.15) is 5.26 Å². The van der Waals surface area contributed by atoms with Crippen LogP contribution in [0.4, 0.5) is 18.9 Å². The Kier molecular flexibility index (Phi) is 5.16. The molecule has 0 atom stereocenters. The lowest BCUT2D eigenvalue weighted by atomic mass is 10.1. The van der Waals surface area contributed by atoms with E-state index in [9.17, 15) is 13.2 Å². The van der Waals surface area contributed by atoms with Gasteiger partial charge in [0.2, 0.25) is 0 Å². The second-order valence-electron chi connectivity index (χ2n) is 5.83. The van der Waals surface area contributed by atoms with Gasteiger partial charge >= 0.3 is 6.36 Å². The van der Waals surface area contributed by atoms with Crippen LogP contribution in [0.15, 0.2) is 42.6 Å². The van der Waals surface area contributed by atoms with Gasteiger partial charge < -0.3 is 14.4 Å². The molecule has 2 heterocycles. The molecule has 2 aromatic rings. The van der Waals surface area contributed by atoms with Crippen LogP contribution in [0.2, 0.25) is 0 Å². The average molecular weight is 363 g/mol. The lowest BCUT2D eigenvalue weighted by Gasteiger charge is -2.33. The monoisotopic (exact) mass is 363 g/mol. The van der Waals surface area contributed by atoms with Crippen LogP contribution in [-0.4, -0.2) is 30.5 Å². The molecule has 136 valence electrons. The third-order valence-corrected chi connectivity index (χ3v) is 4.03. The van der Waals surface area contributed by atoms with Gasteiger partial charge in [0.15, 0.2) is 0 Å². The number of nitrogens with zero attached hydrogens (tertiary/aromatic N) is 3. The third kappa shape index (κ3) is 4.79. The van der Waals surface area contributed by atoms with Gasteiger partial charge in [0.05, 0.1) is 0 Å². The molecule has 0 unspecified atom stereocenters. The molecule has 5 nitrogen and oxygen atoms in total. The molecule has 0 radical (unpaired) electrons. The van der Waals surface area contributed by atoms with Crippen molar-refractivity contribution >= 4 is 5.69 Å². The van der Waals surface area contributed by atoms with Crippen LogP contribution in [0.5, 0.6) is 11.5 Å². The smallest absolute Gasteiger partial charge is 0.490 e. The van der Waals surface area contributed by atoms with Crippen molar-refractivity contribution in [1.29, 1.82) is 5.26 Å². The Morgan fingerprint density at radius 2 is 1.73 bits per heavy atom. The van der Waals surface area contributed by atoms with Gasteiger partial charge in [0.25, 0.3) is 0 Å². The van der Waals surface area contributed by atoms with Crippen LogP contribution < -0.4 is 14.4 Å². The van der Waals surface area contributed by atoms with E-state index in [0.717, 1.165) is 31.6 Å². The van der Waals surface area contributed by atoms with Gasteiger partial charge in [0, 0.05) is 37.8 Å². The van der Waals surface area contributed by atoms with Gasteiger partial charge in [0.1, 0.15) is 29.4 Å². The zero-order chi connectivity index (χ0) is 18.6. The number of benzene rings is 1. The molecule has 0 bridgehead atoms. The first kappa shape index (κ1) is 17.9. The quantitative estimate of drug-likeness (QED) is 0.825. The first-order chi connectivity index (χ1) is 12.4. The predicted octanol–water partition coefficient (Wildman–Crippen LogP) is 3.90. The molecule has 1 aliphatic heterocycles. The van der Waals surface area contributed by atoms with E-state index < -0.39 is 6.36 Å². The van der Waals surface area contributed by atoms with Crippen molar-refractivity contribution < 1.29 is 22.6 Å². The second kappa shape index (κ2) is 7.52. The first-order valence-electron chi connectivity index (χ1n) is 8.06. The Labute approximate surface area is 148 Å². The van der Waals surface area contributed by atoms with Crippen LogP contribution in [0, 0.1) is 11.3 Å². The molecule has 1 fully saturated rings. The highest BCUT2D eigenvalue weighted by molar-refractivity contribution is 5.49. The number of anilines is 1. The number of rotatable bonds is 4. The van der Waals surface area contributed by atoms with Crippen molar-refractivity contribution in [2.75, 3.05) is 18.0 Å². The fourth-order valence-electron chi connectivity index (χ4n) is 2.82. The van der Waals surface area contributed by atoms with Gasteiger partial charge in [-0.3, -0.25) is 0 Å². The van der Waals surface area contributed by atoms with E-state index >= 15 is 0 Å². The molecule has 0 amide bonds. The summed E-state index contributed by atoms with van der Waals surface area (Å²) in [6.45, 7) is 1.52. The molecular weight excluding hydrogens is 347 g/mol. The number of aromatic nitrogens is 1. The van der Waals surface area contributed by atoms with Crippen molar-refractivity contribution in [3.63, 3.8) is 0 Å². The Bertz CT molecular complexity index is 780. The molecule has 1 aliphatic rings. The van der Waals surface area contributed by atoms with E-state index in [-0.39, 0.29) is 11.9 Å². The molecule has 1 aromatic carbocycles. The fraction of sp³-hybridized carbons (Fsp3) is 0.333. The van der Waals surface area contributed by atoms with E-state index in [2.05, 4.69) is 14.6 Å². The van der Waals surface area contributed by atoms with Gasteiger partial charge in [-0.25, -0.2) is 4.98 Å². The van der Waals surface area contributed by atoms with Crippen LogP contribution >= 0.6 is 0 Å². The number of alkyl halides is 3. The SMILES string of the molecule is N#Cc1cc(N2CCC(Oc3ccc(OC(F)(F)F)cc3)CC2)ccn1. The van der Waals surface area contributed by atoms with Crippen LogP contribution in [-0.2, 0) is 0 Å². The second-order valence-corrected chi connectivity index (χ2v) is 5.83. The summed E-state index contributed by atoms with van der Waals surface area (Å²) in [6, 6.07) is 11.0. The number of hydrogen-bond donors (Lipinski definition) is 0. The Morgan fingerprint density at radius 1 is 1.08 bits per heavy atom. The minimum atomic E-state index is -4.70. The van der Waals surface area contributed by atoms with Crippen LogP contribution in [0.1, 0.15) is 18.5 Å². The first-order valence-corrected chi connectivity index (χ1v) is 8.06. The number of hydrogen-bond acceptors (Lipinski definition) is 5. The van der Waals surface area contributed by atoms with E-state index in [0.29, 0.717) is 11.4 Å². The minimum Gasteiger partial charge on any atom is -0.490 e. The van der Waals surface area contributed by atoms with Crippen molar-refractivity contribution in [3.8, 4) is 17.6 Å². The van der Waals surface area contributed by atoms with Crippen molar-refractivity contribution in [1.82, 2.24) is 4.98 Å². The van der Waals surface area contributed by atoms with Crippen LogP contribution in [0.3, 0.4) is 0 Å². The summed E-state index contributed by atoms with van der Waals surface area (Å²) in [6.07, 6.45) is -1.57. The highest BCUT2D eigenvalue weighted by Crippen LogP contribution is 2.27. The summed E-state index contributed by atoms with van der Waals surface area (Å²) >= 11 is 0. The lowest BCUT2D eigenvalue weighted by molar-refractivity contribution is -0.274. The maximum atomic E-state index is 12.2. The molecule has 0 N–H and O–H groups in total. The van der Waals surface area contributed by atoms with Gasteiger partial charge in [-0.15, -0.1) is 13.2 Å². The molecule has 0 aliphatic carbocycles. The van der Waals surface area contributed by atoms with Crippen molar-refractivity contribution in [3.05, 3.63) is 48.3 Å². The highest BCUT2D eigenvalue weighted by Gasteiger charge is 2.31. The summed E-state index contributed by atoms with van der Waals surface area (Å²) < 4.78 is 46.2. The minimum absolute atomic E-state index is 0.0158. The highest BCUT2D eigenvalue weighted by atomic mass is 19.4. The normalized spacial score (nSPS) is 15.4. The van der Waals surface area contributed by atoms with E-state index in [1.807, 2.05) is 12.1 Å². The maximum absolute atomic E-state index is 12.2. The topological polar surface area (TPSA) is 58.4 Å². The Balaban J connectivity index is 1.53. The number of piperidine rings is 1. The van der Waals surface area contributed by atoms with E-state index in [1.165, 1.54) is 24.3 Å². The molecule has 26 heavy (non-hydrogen) atoms. The number of ether oxygens (including phenoxy) is 2. The van der Waals surface area contributed by atoms with E-state index in [1.54, 1.807) is 12.3 Å². The van der Waals surface area contributed by atoms with Crippen molar-refractivity contribution in [2.45, 2.75) is 25.3 Å². The Morgan fingerprint density at radius 3 is 2.35 bits per heavy atom. The lowest BCUT2D eigenvalue weighted by Crippen LogP contribution is -2.38. The molecule has 0 saturated carbocycles. The van der Waals surface area contributed by atoms with Crippen molar-refractivity contribution in [2.24, 2.45) is 0 Å². The number of pyridine rings is 1. The average Bonchev–Trinajstić information content (AvgIpc) is 2.63. The van der Waals surface area contributed by atoms with Gasteiger partial charge in [-0.1, -0.05) is 0 Å². The molecule has 3 rings (SSSR count). The van der Waals surface area contributed by atoms with E-state index in [4.69, 9.17) is 10.00 Å². The fourth-order valence-corrected chi connectivity index (χ4v) is 2.82. The zero-order valence-corrected chi connectivity index (χ0v) is 13.7.